The van der Waals surface area contributed by atoms with Gasteiger partial charge < -0.3 is 19.8 Å². The van der Waals surface area contributed by atoms with Crippen LogP contribution >= 0.6 is 18.9 Å². The van der Waals surface area contributed by atoms with Crippen LogP contribution in [0.3, 0.4) is 0 Å². The van der Waals surface area contributed by atoms with Crippen LogP contribution in [0.1, 0.15) is 39.6 Å². The van der Waals surface area contributed by atoms with Gasteiger partial charge in [-0.3, -0.25) is 14.2 Å². The van der Waals surface area contributed by atoms with Crippen LogP contribution in [0.25, 0.3) is 0 Å². The highest BCUT2D eigenvalue weighted by Crippen LogP contribution is 2.39. The van der Waals surface area contributed by atoms with Gasteiger partial charge in [0, 0.05) is 11.4 Å². The van der Waals surface area contributed by atoms with E-state index in [0.29, 0.717) is 5.56 Å². The molecular formula is C24H26NO6PS. The van der Waals surface area contributed by atoms with E-state index in [1.165, 1.54) is 11.3 Å². The molecule has 0 aliphatic rings. The second-order valence-electron chi connectivity index (χ2n) is 7.94. The quantitative estimate of drug-likeness (QED) is 0.362. The number of carboxylic acid groups (broad SMARTS) is 1. The lowest BCUT2D eigenvalue weighted by Gasteiger charge is -2.32. The molecule has 0 saturated carbocycles. The fourth-order valence-corrected chi connectivity index (χ4v) is 5.05. The van der Waals surface area contributed by atoms with Gasteiger partial charge >= 0.3 is 13.6 Å². The van der Waals surface area contributed by atoms with Gasteiger partial charge in [0.15, 0.2) is 0 Å². The van der Waals surface area contributed by atoms with Crippen molar-refractivity contribution in [3.05, 3.63) is 93.2 Å². The second-order valence-corrected chi connectivity index (χ2v) is 10.6. The van der Waals surface area contributed by atoms with Gasteiger partial charge in [-0.2, -0.15) is 0 Å². The number of carboxylic acids is 1. The molecule has 0 radical (unpaired) electrons. The van der Waals surface area contributed by atoms with E-state index in [2.05, 4.69) is 0 Å². The number of aliphatic carboxylic acids is 1. The molecule has 9 heteroatoms. The van der Waals surface area contributed by atoms with Crippen molar-refractivity contribution >= 4 is 30.8 Å². The molecule has 33 heavy (non-hydrogen) atoms. The fraction of sp³-hybridized carbons (Fsp3) is 0.250. The third kappa shape index (κ3) is 7.65. The van der Waals surface area contributed by atoms with Gasteiger partial charge in [-0.05, 0) is 35.1 Å². The third-order valence-electron chi connectivity index (χ3n) is 5.16. The second kappa shape index (κ2) is 10.9. The first-order valence-electron chi connectivity index (χ1n) is 10.3. The Balaban J connectivity index is 1.94. The number of carbonyl (C=O) groups excluding carboxylic acids is 1. The molecule has 0 aliphatic carbocycles. The van der Waals surface area contributed by atoms with Crippen molar-refractivity contribution in [3.8, 4) is 0 Å². The largest absolute Gasteiger partial charge is 0.481 e. The van der Waals surface area contributed by atoms with Gasteiger partial charge in [-0.25, -0.2) is 0 Å². The van der Waals surface area contributed by atoms with Crippen LogP contribution in [-0.2, 0) is 33.3 Å². The SMILES string of the molecule is Cc1cccc(C(CC(=O)O)N(Cc2ccc(CP(=O)(O)O)cc2)C(=O)Cc2cccs2)c1. The lowest BCUT2D eigenvalue weighted by atomic mass is 9.98. The Morgan fingerprint density at radius 3 is 2.30 bits per heavy atom. The molecule has 174 valence electrons. The summed E-state index contributed by atoms with van der Waals surface area (Å²) in [5, 5.41) is 11.5. The Morgan fingerprint density at radius 2 is 1.73 bits per heavy atom. The van der Waals surface area contributed by atoms with Crippen molar-refractivity contribution in [1.82, 2.24) is 4.90 Å². The molecule has 0 aliphatic heterocycles. The van der Waals surface area contributed by atoms with Gasteiger partial charge in [0.1, 0.15) is 0 Å². The van der Waals surface area contributed by atoms with E-state index in [1.807, 2.05) is 48.7 Å². The van der Waals surface area contributed by atoms with Crippen LogP contribution in [-0.4, -0.2) is 31.7 Å². The average molecular weight is 488 g/mol. The third-order valence-corrected chi connectivity index (χ3v) is 6.81. The first-order chi connectivity index (χ1) is 15.6. The van der Waals surface area contributed by atoms with E-state index in [1.54, 1.807) is 29.2 Å². The summed E-state index contributed by atoms with van der Waals surface area (Å²) in [4.78, 5) is 46.0. The predicted octanol–water partition coefficient (Wildman–Crippen LogP) is 4.52. The highest BCUT2D eigenvalue weighted by atomic mass is 32.1. The van der Waals surface area contributed by atoms with Crippen LogP contribution in [0.4, 0.5) is 0 Å². The molecule has 1 heterocycles. The molecule has 3 rings (SSSR count). The lowest BCUT2D eigenvalue weighted by Crippen LogP contribution is -2.36. The number of amides is 1. The van der Waals surface area contributed by atoms with Crippen molar-refractivity contribution in [3.63, 3.8) is 0 Å². The Morgan fingerprint density at radius 1 is 1.03 bits per heavy atom. The van der Waals surface area contributed by atoms with Crippen LogP contribution in [0.5, 0.6) is 0 Å². The van der Waals surface area contributed by atoms with E-state index < -0.39 is 19.6 Å². The lowest BCUT2D eigenvalue weighted by molar-refractivity contribution is -0.141. The molecule has 0 fully saturated rings. The molecule has 3 N–H and O–H groups in total. The van der Waals surface area contributed by atoms with Crippen molar-refractivity contribution in [1.29, 1.82) is 0 Å². The molecular weight excluding hydrogens is 461 g/mol. The highest BCUT2D eigenvalue weighted by Gasteiger charge is 2.28. The molecule has 1 atom stereocenters. The smallest absolute Gasteiger partial charge is 0.329 e. The molecule has 0 saturated heterocycles. The zero-order valence-electron chi connectivity index (χ0n) is 18.1. The summed E-state index contributed by atoms with van der Waals surface area (Å²) in [5.41, 5.74) is 2.95. The molecule has 3 aromatic rings. The Bertz CT molecular complexity index is 1140. The zero-order chi connectivity index (χ0) is 24.0. The van der Waals surface area contributed by atoms with Crippen molar-refractivity contribution in [2.24, 2.45) is 0 Å². The number of nitrogens with zero attached hydrogens (tertiary/aromatic N) is 1. The van der Waals surface area contributed by atoms with Crippen LogP contribution in [0.2, 0.25) is 0 Å². The zero-order valence-corrected chi connectivity index (χ0v) is 19.8. The number of aryl methyl sites for hydroxylation is 1. The minimum Gasteiger partial charge on any atom is -0.481 e. The van der Waals surface area contributed by atoms with Gasteiger partial charge in [0.05, 0.1) is 25.0 Å². The van der Waals surface area contributed by atoms with Gasteiger partial charge in [0.25, 0.3) is 0 Å². The maximum Gasteiger partial charge on any atom is 0.329 e. The minimum absolute atomic E-state index is 0.163. The Kier molecular flexibility index (Phi) is 8.21. The van der Waals surface area contributed by atoms with E-state index in [9.17, 15) is 29.0 Å². The topological polar surface area (TPSA) is 115 Å². The summed E-state index contributed by atoms with van der Waals surface area (Å²) in [6, 6.07) is 17.2. The Labute approximate surface area is 196 Å². The van der Waals surface area contributed by atoms with E-state index in [0.717, 1.165) is 21.6 Å². The summed E-state index contributed by atoms with van der Waals surface area (Å²) in [7, 11) is -4.18. The van der Waals surface area contributed by atoms with Crippen molar-refractivity contribution < 1.29 is 29.0 Å². The molecule has 0 bridgehead atoms. The number of rotatable bonds is 10. The van der Waals surface area contributed by atoms with Crippen LogP contribution < -0.4 is 0 Å². The van der Waals surface area contributed by atoms with Gasteiger partial charge in [-0.1, -0.05) is 60.2 Å². The number of hydrogen-bond acceptors (Lipinski definition) is 4. The Hall–Kier alpha value is -2.77. The molecule has 1 unspecified atom stereocenters. The first-order valence-corrected chi connectivity index (χ1v) is 13.0. The standard InChI is InChI=1S/C24H26NO6PS/c1-17-4-2-5-20(12-17)22(14-24(27)28)25(23(26)13-21-6-3-11-33-21)15-18-7-9-19(10-8-18)16-32(29,30)31/h2-12,22H,13-16H2,1H3,(H,27,28)(H2,29,30,31). The van der Waals surface area contributed by atoms with E-state index in [4.69, 9.17) is 0 Å². The predicted molar refractivity (Wildman–Crippen MR) is 127 cm³/mol. The molecule has 1 amide bonds. The number of thiophene rings is 1. The normalized spacial score (nSPS) is 12.3. The summed E-state index contributed by atoms with van der Waals surface area (Å²) < 4.78 is 11.3. The molecule has 0 spiro atoms. The van der Waals surface area contributed by atoms with Crippen molar-refractivity contribution in [2.75, 3.05) is 0 Å². The minimum atomic E-state index is -4.18. The highest BCUT2D eigenvalue weighted by molar-refractivity contribution is 7.50. The monoisotopic (exact) mass is 487 g/mol. The van der Waals surface area contributed by atoms with Crippen LogP contribution in [0, 0.1) is 6.92 Å². The van der Waals surface area contributed by atoms with E-state index in [-0.39, 0.29) is 31.5 Å². The van der Waals surface area contributed by atoms with Gasteiger partial charge in [0.2, 0.25) is 5.91 Å². The average Bonchev–Trinajstić information content (AvgIpc) is 3.23. The summed E-state index contributed by atoms with van der Waals surface area (Å²) in [5.74, 6) is -1.20. The van der Waals surface area contributed by atoms with Gasteiger partial charge in [-0.15, -0.1) is 11.3 Å². The summed E-state index contributed by atoms with van der Waals surface area (Å²) in [6.45, 7) is 2.09. The van der Waals surface area contributed by atoms with E-state index >= 15 is 0 Å². The van der Waals surface area contributed by atoms with Crippen LogP contribution in [0.15, 0.2) is 66.0 Å². The maximum absolute atomic E-state index is 13.4. The van der Waals surface area contributed by atoms with Crippen molar-refractivity contribution in [2.45, 2.75) is 38.5 Å². The number of hydrogen-bond donors (Lipinski definition) is 3. The molecule has 2 aromatic carbocycles. The molecule has 1 aromatic heterocycles. The number of carbonyl (C=O) groups is 2. The maximum atomic E-state index is 13.4. The first kappa shape index (κ1) is 24.9. The summed E-state index contributed by atoms with van der Waals surface area (Å²) in [6.07, 6.45) is -0.439. The fourth-order valence-electron chi connectivity index (χ4n) is 3.67. The molecule has 7 nitrogen and oxygen atoms in total. The summed E-state index contributed by atoms with van der Waals surface area (Å²) >= 11 is 1.47. The number of benzene rings is 2.